The lowest BCUT2D eigenvalue weighted by Gasteiger charge is -2.13. The maximum absolute atomic E-state index is 12.3. The van der Waals surface area contributed by atoms with E-state index in [-0.39, 0.29) is 5.57 Å². The first-order valence-electron chi connectivity index (χ1n) is 8.52. The van der Waals surface area contributed by atoms with Crippen LogP contribution in [0.1, 0.15) is 38.3 Å². The van der Waals surface area contributed by atoms with Crippen LogP contribution in [-0.2, 0) is 19.2 Å². The van der Waals surface area contributed by atoms with Gasteiger partial charge in [-0.2, -0.15) is 0 Å². The third kappa shape index (κ3) is 3.44. The van der Waals surface area contributed by atoms with Crippen LogP contribution in [0.2, 0.25) is 0 Å². The first-order valence-corrected chi connectivity index (χ1v) is 8.52. The Bertz CT molecular complexity index is 789. The maximum Gasteiger partial charge on any atom is 0.344 e. The Balaban J connectivity index is 2.04. The fraction of sp³-hybridized carbons (Fsp3) is 0.368. The third-order valence-electron chi connectivity index (χ3n) is 4.36. The lowest BCUT2D eigenvalue weighted by molar-refractivity contribution is -0.142. The van der Waals surface area contributed by atoms with Gasteiger partial charge in [-0.05, 0) is 30.4 Å². The van der Waals surface area contributed by atoms with E-state index in [4.69, 9.17) is 4.74 Å². The first kappa shape index (κ1) is 17.2. The molecule has 3 rings (SSSR count). The number of H-pyrrole nitrogens is 1. The van der Waals surface area contributed by atoms with E-state index in [9.17, 15) is 9.59 Å². The van der Waals surface area contributed by atoms with Crippen molar-refractivity contribution >= 4 is 28.4 Å². The van der Waals surface area contributed by atoms with Gasteiger partial charge >= 0.3 is 5.97 Å². The average Bonchev–Trinajstić information content (AvgIpc) is 3.15. The average molecular weight is 342 g/mol. The summed E-state index contributed by atoms with van der Waals surface area (Å²) in [5.41, 5.74) is 4.52. The SMILES string of the molecule is CCCCCC1OC(=O)C(C(=O)NOC)=C1c1cc2ccccc2[nH]1. The van der Waals surface area contributed by atoms with Gasteiger partial charge in [0.25, 0.3) is 5.91 Å². The molecule has 0 fully saturated rings. The summed E-state index contributed by atoms with van der Waals surface area (Å²) in [6.07, 6.45) is 3.31. The number of esters is 1. The lowest BCUT2D eigenvalue weighted by atomic mass is 9.97. The fourth-order valence-electron chi connectivity index (χ4n) is 3.19. The second kappa shape index (κ2) is 7.53. The van der Waals surface area contributed by atoms with E-state index in [0.29, 0.717) is 12.0 Å². The maximum atomic E-state index is 12.3. The molecule has 0 radical (unpaired) electrons. The number of cyclic esters (lactones) is 1. The molecule has 1 aromatic heterocycles. The fourth-order valence-corrected chi connectivity index (χ4v) is 3.19. The normalized spacial score (nSPS) is 17.2. The molecule has 1 aromatic carbocycles. The van der Waals surface area contributed by atoms with Crippen molar-refractivity contribution in [1.29, 1.82) is 0 Å². The van der Waals surface area contributed by atoms with Gasteiger partial charge in [-0.1, -0.05) is 38.0 Å². The molecule has 1 amide bonds. The molecule has 0 saturated carbocycles. The molecule has 1 aliphatic heterocycles. The Kier molecular flexibility index (Phi) is 5.19. The number of aromatic amines is 1. The zero-order chi connectivity index (χ0) is 17.8. The highest BCUT2D eigenvalue weighted by Crippen LogP contribution is 2.35. The number of carbonyl (C=O) groups excluding carboxylic acids is 2. The van der Waals surface area contributed by atoms with Gasteiger partial charge in [-0.15, -0.1) is 0 Å². The van der Waals surface area contributed by atoms with E-state index in [1.807, 2.05) is 30.3 Å². The number of unbranched alkanes of at least 4 members (excludes halogenated alkanes) is 2. The largest absolute Gasteiger partial charge is 0.454 e. The number of rotatable bonds is 7. The van der Waals surface area contributed by atoms with Gasteiger partial charge < -0.3 is 9.72 Å². The minimum atomic E-state index is -0.607. The number of ether oxygens (including phenoxy) is 1. The molecule has 2 aromatic rings. The number of para-hydroxylation sites is 1. The van der Waals surface area contributed by atoms with Crippen molar-refractivity contribution in [3.8, 4) is 0 Å². The minimum absolute atomic E-state index is 0.00917. The van der Waals surface area contributed by atoms with E-state index >= 15 is 0 Å². The molecule has 2 N–H and O–H groups in total. The Hall–Kier alpha value is -2.60. The van der Waals surface area contributed by atoms with Crippen LogP contribution in [0.25, 0.3) is 16.5 Å². The Labute approximate surface area is 146 Å². The summed E-state index contributed by atoms with van der Waals surface area (Å²) < 4.78 is 5.50. The van der Waals surface area contributed by atoms with Gasteiger partial charge in [-0.25, -0.2) is 10.3 Å². The van der Waals surface area contributed by atoms with Crippen LogP contribution in [0.4, 0.5) is 0 Å². The van der Waals surface area contributed by atoms with Crippen molar-refractivity contribution in [2.45, 2.75) is 38.7 Å². The number of hydrogen-bond acceptors (Lipinski definition) is 4. The van der Waals surface area contributed by atoms with Crippen LogP contribution < -0.4 is 5.48 Å². The monoisotopic (exact) mass is 342 g/mol. The van der Waals surface area contributed by atoms with Crippen LogP contribution in [0.5, 0.6) is 0 Å². The highest BCUT2D eigenvalue weighted by molar-refractivity contribution is 6.24. The van der Waals surface area contributed by atoms with Crippen LogP contribution in [0, 0.1) is 0 Å². The number of nitrogens with one attached hydrogen (secondary N) is 2. The second-order valence-electron chi connectivity index (χ2n) is 6.08. The third-order valence-corrected chi connectivity index (χ3v) is 4.36. The molecular weight excluding hydrogens is 320 g/mol. The molecule has 1 atom stereocenters. The summed E-state index contributed by atoms with van der Waals surface area (Å²) in [4.78, 5) is 32.6. The summed E-state index contributed by atoms with van der Waals surface area (Å²) in [5.74, 6) is -1.19. The number of hydrogen-bond donors (Lipinski definition) is 2. The van der Waals surface area contributed by atoms with Crippen LogP contribution >= 0.6 is 0 Å². The molecule has 25 heavy (non-hydrogen) atoms. The second-order valence-corrected chi connectivity index (χ2v) is 6.08. The van der Waals surface area contributed by atoms with E-state index in [1.54, 1.807) is 0 Å². The number of fused-ring (bicyclic) bond motifs is 1. The van der Waals surface area contributed by atoms with E-state index in [2.05, 4.69) is 22.2 Å². The summed E-state index contributed by atoms with van der Waals surface area (Å²) in [7, 11) is 1.33. The standard InChI is InChI=1S/C19H22N2O4/c1-3-4-5-10-15-16(17(19(23)25-15)18(22)21-24-2)14-11-12-8-6-7-9-13(12)20-14/h6-9,11,15,20H,3-5,10H2,1-2H3,(H,21,22). The smallest absolute Gasteiger partial charge is 0.344 e. The summed E-state index contributed by atoms with van der Waals surface area (Å²) >= 11 is 0. The van der Waals surface area contributed by atoms with Crippen LogP contribution in [0.3, 0.4) is 0 Å². The molecule has 132 valence electrons. The molecule has 0 saturated heterocycles. The van der Waals surface area contributed by atoms with Gasteiger partial charge in [-0.3, -0.25) is 9.63 Å². The van der Waals surface area contributed by atoms with Crippen LogP contribution in [-0.4, -0.2) is 30.1 Å². The topological polar surface area (TPSA) is 80.4 Å². The summed E-state index contributed by atoms with van der Waals surface area (Å²) in [5, 5.41) is 1.02. The van der Waals surface area contributed by atoms with Gasteiger partial charge in [0.2, 0.25) is 0 Å². The number of carbonyl (C=O) groups is 2. The number of benzene rings is 1. The summed E-state index contributed by atoms with van der Waals surface area (Å²) in [6.45, 7) is 2.12. The molecule has 0 spiro atoms. The molecule has 0 bridgehead atoms. The van der Waals surface area contributed by atoms with Crippen molar-refractivity contribution in [3.05, 3.63) is 41.6 Å². The molecule has 6 nitrogen and oxygen atoms in total. The number of aromatic nitrogens is 1. The number of hydroxylamine groups is 1. The Morgan fingerprint density at radius 2 is 2.12 bits per heavy atom. The van der Waals surface area contributed by atoms with Crippen molar-refractivity contribution in [1.82, 2.24) is 10.5 Å². The highest BCUT2D eigenvalue weighted by atomic mass is 16.6. The van der Waals surface area contributed by atoms with E-state index in [1.165, 1.54) is 7.11 Å². The van der Waals surface area contributed by atoms with Crippen molar-refractivity contribution < 1.29 is 19.2 Å². The molecule has 6 heteroatoms. The van der Waals surface area contributed by atoms with Gasteiger partial charge in [0.15, 0.2) is 0 Å². The molecule has 1 unspecified atom stereocenters. The van der Waals surface area contributed by atoms with Crippen molar-refractivity contribution in [2.24, 2.45) is 0 Å². The van der Waals surface area contributed by atoms with Crippen LogP contribution in [0.15, 0.2) is 35.9 Å². The predicted molar refractivity (Wildman–Crippen MR) is 94.4 cm³/mol. The molecule has 2 heterocycles. The highest BCUT2D eigenvalue weighted by Gasteiger charge is 2.39. The van der Waals surface area contributed by atoms with Gasteiger partial charge in [0.1, 0.15) is 11.7 Å². The Morgan fingerprint density at radius 1 is 1.32 bits per heavy atom. The van der Waals surface area contributed by atoms with E-state index in [0.717, 1.165) is 35.9 Å². The minimum Gasteiger partial charge on any atom is -0.454 e. The molecule has 1 aliphatic rings. The lowest BCUT2D eigenvalue weighted by Crippen LogP contribution is -2.26. The first-order chi connectivity index (χ1) is 12.2. The Morgan fingerprint density at radius 3 is 2.84 bits per heavy atom. The summed E-state index contributed by atoms with van der Waals surface area (Å²) in [6, 6.07) is 9.76. The molecule has 0 aliphatic carbocycles. The van der Waals surface area contributed by atoms with E-state index < -0.39 is 18.0 Å². The zero-order valence-corrected chi connectivity index (χ0v) is 14.4. The van der Waals surface area contributed by atoms with Crippen molar-refractivity contribution in [3.63, 3.8) is 0 Å². The number of amides is 1. The zero-order valence-electron chi connectivity index (χ0n) is 14.4. The predicted octanol–water partition coefficient (Wildman–Crippen LogP) is 3.10. The quantitative estimate of drug-likeness (QED) is 0.351. The van der Waals surface area contributed by atoms with Gasteiger partial charge in [0.05, 0.1) is 7.11 Å². The van der Waals surface area contributed by atoms with Crippen molar-refractivity contribution in [2.75, 3.05) is 7.11 Å². The van der Waals surface area contributed by atoms with Gasteiger partial charge in [0, 0.05) is 16.8 Å². The molecular formula is C19H22N2O4.